The van der Waals surface area contributed by atoms with Crippen molar-refractivity contribution in [3.63, 3.8) is 0 Å². The first-order valence-electron chi connectivity index (χ1n) is 5.81. The number of fused-ring (bicyclic) bond motifs is 1. The van der Waals surface area contributed by atoms with Gasteiger partial charge in [-0.1, -0.05) is 13.8 Å². The van der Waals surface area contributed by atoms with E-state index in [-0.39, 0.29) is 5.82 Å². The molecule has 0 bridgehead atoms. The highest BCUT2D eigenvalue weighted by molar-refractivity contribution is 5.93. The Bertz CT molecular complexity index is 562. The first-order valence-corrected chi connectivity index (χ1v) is 5.81. The van der Waals surface area contributed by atoms with Crippen molar-refractivity contribution in [1.29, 1.82) is 0 Å². The molecule has 1 aromatic carbocycles. The number of halogens is 1. The summed E-state index contributed by atoms with van der Waals surface area (Å²) in [6.45, 7) is 6.10. The minimum Gasteiger partial charge on any atom is -0.388 e. The molecule has 1 aromatic heterocycles. The summed E-state index contributed by atoms with van der Waals surface area (Å²) in [6, 6.07) is 5.05. The van der Waals surface area contributed by atoms with Crippen molar-refractivity contribution in [3.8, 4) is 0 Å². The second-order valence-electron chi connectivity index (χ2n) is 4.62. The molecule has 0 aliphatic heterocycles. The summed E-state index contributed by atoms with van der Waals surface area (Å²) >= 11 is 0. The maximum Gasteiger partial charge on any atom is 0.124 e. The minimum absolute atomic E-state index is 0.217. The topological polar surface area (TPSA) is 24.9 Å². The lowest BCUT2D eigenvalue weighted by Crippen LogP contribution is -1.99. The Morgan fingerprint density at radius 2 is 1.94 bits per heavy atom. The molecule has 3 heteroatoms. The van der Waals surface area contributed by atoms with Gasteiger partial charge in [-0.2, -0.15) is 0 Å². The molecule has 1 N–H and O–H groups in total. The maximum atomic E-state index is 13.4. The third kappa shape index (κ3) is 2.09. The molecule has 0 unspecified atom stereocenters. The van der Waals surface area contributed by atoms with E-state index in [9.17, 15) is 4.39 Å². The standard InChI is InChI=1S/C14H17FN2/c1-8(2)12-7-13(16-4)11-6-10(15)5-9(3)14(11)17-12/h5-8H,1-4H3,(H,16,17). The Labute approximate surface area is 101 Å². The van der Waals surface area contributed by atoms with Crippen LogP contribution in [0.2, 0.25) is 0 Å². The fourth-order valence-electron chi connectivity index (χ4n) is 1.98. The fraction of sp³-hybridized carbons (Fsp3) is 0.357. The van der Waals surface area contributed by atoms with Gasteiger partial charge < -0.3 is 5.32 Å². The third-order valence-electron chi connectivity index (χ3n) is 2.95. The van der Waals surface area contributed by atoms with Crippen LogP contribution in [0.1, 0.15) is 31.0 Å². The Hall–Kier alpha value is -1.64. The average molecular weight is 232 g/mol. The summed E-state index contributed by atoms with van der Waals surface area (Å²) in [5, 5.41) is 3.96. The molecule has 0 saturated carbocycles. The molecule has 90 valence electrons. The molecule has 2 rings (SSSR count). The minimum atomic E-state index is -0.217. The van der Waals surface area contributed by atoms with Crippen molar-refractivity contribution in [2.24, 2.45) is 0 Å². The smallest absolute Gasteiger partial charge is 0.124 e. The SMILES string of the molecule is CNc1cc(C(C)C)nc2c(C)cc(F)cc12. The number of pyridine rings is 1. The average Bonchev–Trinajstić information content (AvgIpc) is 2.27. The second kappa shape index (κ2) is 4.32. The molecule has 17 heavy (non-hydrogen) atoms. The number of anilines is 1. The highest BCUT2D eigenvalue weighted by Gasteiger charge is 2.10. The van der Waals surface area contributed by atoms with Crippen LogP contribution in [-0.2, 0) is 0 Å². The largest absolute Gasteiger partial charge is 0.388 e. The summed E-state index contributed by atoms with van der Waals surface area (Å²) in [5.41, 5.74) is 3.71. The summed E-state index contributed by atoms with van der Waals surface area (Å²) in [7, 11) is 1.85. The molecule has 2 aromatic rings. The van der Waals surface area contributed by atoms with Crippen molar-refractivity contribution < 1.29 is 4.39 Å². The molecule has 0 aliphatic carbocycles. The molecule has 1 heterocycles. The molecule has 0 aliphatic rings. The molecular weight excluding hydrogens is 215 g/mol. The quantitative estimate of drug-likeness (QED) is 0.850. The van der Waals surface area contributed by atoms with Crippen molar-refractivity contribution in [2.45, 2.75) is 26.7 Å². The Morgan fingerprint density at radius 1 is 1.24 bits per heavy atom. The van der Waals surface area contributed by atoms with Crippen molar-refractivity contribution in [2.75, 3.05) is 12.4 Å². The van der Waals surface area contributed by atoms with Crippen molar-refractivity contribution in [3.05, 3.63) is 35.3 Å². The van der Waals surface area contributed by atoms with Crippen LogP contribution in [0.4, 0.5) is 10.1 Å². The van der Waals surface area contributed by atoms with Gasteiger partial charge in [0, 0.05) is 23.8 Å². The van der Waals surface area contributed by atoms with E-state index in [1.54, 1.807) is 0 Å². The highest BCUT2D eigenvalue weighted by Crippen LogP contribution is 2.28. The molecule has 0 amide bonds. The van der Waals surface area contributed by atoms with Crippen LogP contribution in [0.25, 0.3) is 10.9 Å². The number of nitrogens with zero attached hydrogens (tertiary/aromatic N) is 1. The number of benzene rings is 1. The molecule has 0 saturated heterocycles. The number of rotatable bonds is 2. The van der Waals surface area contributed by atoms with E-state index in [4.69, 9.17) is 0 Å². The van der Waals surface area contributed by atoms with Crippen LogP contribution in [0.3, 0.4) is 0 Å². The van der Waals surface area contributed by atoms with Gasteiger partial charge in [0.25, 0.3) is 0 Å². The van der Waals surface area contributed by atoms with E-state index in [1.807, 2.05) is 20.0 Å². The van der Waals surface area contributed by atoms with Gasteiger partial charge in [0.05, 0.1) is 5.52 Å². The lowest BCUT2D eigenvalue weighted by atomic mass is 10.0. The van der Waals surface area contributed by atoms with Crippen molar-refractivity contribution >= 4 is 16.6 Å². The molecule has 0 atom stereocenters. The molecular formula is C14H17FN2. The Balaban J connectivity index is 2.82. The van der Waals surface area contributed by atoms with Gasteiger partial charge in [0.15, 0.2) is 0 Å². The Kier molecular flexibility index (Phi) is 3.01. The van der Waals surface area contributed by atoms with E-state index >= 15 is 0 Å². The van der Waals surface area contributed by atoms with Crippen LogP contribution >= 0.6 is 0 Å². The van der Waals surface area contributed by atoms with Crippen LogP contribution in [-0.4, -0.2) is 12.0 Å². The lowest BCUT2D eigenvalue weighted by Gasteiger charge is -2.13. The van der Waals surface area contributed by atoms with E-state index in [1.165, 1.54) is 12.1 Å². The Morgan fingerprint density at radius 3 is 2.53 bits per heavy atom. The van der Waals surface area contributed by atoms with E-state index in [0.29, 0.717) is 5.92 Å². The van der Waals surface area contributed by atoms with Gasteiger partial charge in [-0.05, 0) is 36.6 Å². The highest BCUT2D eigenvalue weighted by atomic mass is 19.1. The van der Waals surface area contributed by atoms with Crippen molar-refractivity contribution in [1.82, 2.24) is 4.98 Å². The van der Waals surface area contributed by atoms with Crippen LogP contribution in [0.15, 0.2) is 18.2 Å². The number of aromatic nitrogens is 1. The third-order valence-corrected chi connectivity index (χ3v) is 2.95. The first-order chi connectivity index (χ1) is 8.02. The van der Waals surface area contributed by atoms with E-state index < -0.39 is 0 Å². The predicted molar refractivity (Wildman–Crippen MR) is 70.1 cm³/mol. The fourth-order valence-corrected chi connectivity index (χ4v) is 1.98. The monoisotopic (exact) mass is 232 g/mol. The van der Waals surface area contributed by atoms with Gasteiger partial charge in [-0.15, -0.1) is 0 Å². The normalized spacial score (nSPS) is 11.2. The zero-order chi connectivity index (χ0) is 12.6. The molecule has 0 radical (unpaired) electrons. The molecule has 0 spiro atoms. The second-order valence-corrected chi connectivity index (χ2v) is 4.62. The summed E-state index contributed by atoms with van der Waals surface area (Å²) in [4.78, 5) is 4.62. The number of hydrogen-bond donors (Lipinski definition) is 1. The maximum absolute atomic E-state index is 13.4. The molecule has 2 nitrogen and oxygen atoms in total. The van der Waals surface area contributed by atoms with Gasteiger partial charge in [0.2, 0.25) is 0 Å². The first kappa shape index (κ1) is 11.8. The van der Waals surface area contributed by atoms with Gasteiger partial charge in [-0.3, -0.25) is 4.98 Å². The van der Waals surface area contributed by atoms with E-state index in [0.717, 1.165) is 27.8 Å². The van der Waals surface area contributed by atoms with Gasteiger partial charge >= 0.3 is 0 Å². The number of hydrogen-bond acceptors (Lipinski definition) is 2. The zero-order valence-electron chi connectivity index (χ0n) is 10.6. The van der Waals surface area contributed by atoms with Crippen LogP contribution in [0, 0.1) is 12.7 Å². The van der Waals surface area contributed by atoms with Gasteiger partial charge in [-0.25, -0.2) is 4.39 Å². The number of aryl methyl sites for hydroxylation is 1. The van der Waals surface area contributed by atoms with E-state index in [2.05, 4.69) is 24.1 Å². The zero-order valence-corrected chi connectivity index (χ0v) is 10.6. The summed E-state index contributed by atoms with van der Waals surface area (Å²) in [6.07, 6.45) is 0. The molecule has 0 fully saturated rings. The van der Waals surface area contributed by atoms with Crippen LogP contribution < -0.4 is 5.32 Å². The van der Waals surface area contributed by atoms with Crippen LogP contribution in [0.5, 0.6) is 0 Å². The summed E-state index contributed by atoms with van der Waals surface area (Å²) < 4.78 is 13.4. The predicted octanol–water partition coefficient (Wildman–Crippen LogP) is 3.85. The summed E-state index contributed by atoms with van der Waals surface area (Å²) in [5.74, 6) is 0.140. The van der Waals surface area contributed by atoms with Gasteiger partial charge in [0.1, 0.15) is 5.82 Å². The number of nitrogens with one attached hydrogen (secondary N) is 1. The lowest BCUT2D eigenvalue weighted by molar-refractivity contribution is 0.628.